The number of rotatable bonds is 2. The topological polar surface area (TPSA) is 37.3 Å². The molecule has 136 valence electrons. The Morgan fingerprint density at radius 3 is 2.54 bits per heavy atom. The second-order valence-corrected chi connectivity index (χ2v) is 10.3. The number of fused-ring (bicyclic) bond motifs is 5. The predicted molar refractivity (Wildman–Crippen MR) is 100.0 cm³/mol. The van der Waals surface area contributed by atoms with Crippen molar-refractivity contribution in [1.82, 2.24) is 0 Å². The number of halogens is 1. The molecule has 9 atom stereocenters. The summed E-state index contributed by atoms with van der Waals surface area (Å²) < 4.78 is 0. The lowest BCUT2D eigenvalue weighted by atomic mass is 9.48. The van der Waals surface area contributed by atoms with E-state index in [9.17, 15) is 9.90 Å². The molecule has 3 heteroatoms. The lowest BCUT2D eigenvalue weighted by molar-refractivity contribution is -0.130. The summed E-state index contributed by atoms with van der Waals surface area (Å²) in [6, 6.07) is 0. The van der Waals surface area contributed by atoms with Crippen LogP contribution in [0.5, 0.6) is 0 Å². The second kappa shape index (κ2) is 6.37. The third kappa shape index (κ3) is 2.55. The van der Waals surface area contributed by atoms with E-state index in [4.69, 9.17) is 0 Å². The van der Waals surface area contributed by atoms with E-state index in [0.717, 1.165) is 54.8 Å². The van der Waals surface area contributed by atoms with Gasteiger partial charge in [0, 0.05) is 5.92 Å². The third-order valence-corrected chi connectivity index (χ3v) is 9.42. The fraction of sp³-hybridized carbons (Fsp3) is 0.952. The minimum absolute atomic E-state index is 0.0495. The molecule has 0 aromatic heterocycles. The van der Waals surface area contributed by atoms with Crippen molar-refractivity contribution < 1.29 is 9.90 Å². The smallest absolute Gasteiger partial charge is 0.147 e. The summed E-state index contributed by atoms with van der Waals surface area (Å²) in [6.45, 7) is 4.88. The van der Waals surface area contributed by atoms with E-state index in [1.807, 2.05) is 0 Å². The van der Waals surface area contributed by atoms with Gasteiger partial charge < -0.3 is 5.11 Å². The minimum atomic E-state index is -0.0495. The van der Waals surface area contributed by atoms with Crippen LogP contribution in [0.15, 0.2) is 0 Å². The zero-order chi connectivity index (χ0) is 17.1. The molecule has 4 aliphatic carbocycles. The quantitative estimate of drug-likeness (QED) is 0.678. The first-order chi connectivity index (χ1) is 11.5. The van der Waals surface area contributed by atoms with Gasteiger partial charge in [-0.05, 0) is 92.3 Å². The van der Waals surface area contributed by atoms with Crippen molar-refractivity contribution in [3.05, 3.63) is 0 Å². The predicted octanol–water partition coefficient (Wildman–Crippen LogP) is 4.83. The van der Waals surface area contributed by atoms with Gasteiger partial charge in [-0.15, -0.1) is 0 Å². The number of carbonyl (C=O) groups is 1. The van der Waals surface area contributed by atoms with Crippen LogP contribution in [0.1, 0.15) is 65.2 Å². The van der Waals surface area contributed by atoms with Crippen LogP contribution in [0.3, 0.4) is 0 Å². The van der Waals surface area contributed by atoms with Crippen molar-refractivity contribution in [1.29, 1.82) is 0 Å². The number of aliphatic hydroxyl groups excluding tert-OH is 1. The summed E-state index contributed by atoms with van der Waals surface area (Å²) in [6.07, 6.45) is 9.57. The highest BCUT2D eigenvalue weighted by Gasteiger charge is 2.59. The number of hydrogen-bond donors (Lipinski definition) is 1. The molecule has 9 unspecified atom stereocenters. The van der Waals surface area contributed by atoms with Crippen LogP contribution in [-0.2, 0) is 4.79 Å². The lowest BCUT2D eigenvalue weighted by Crippen LogP contribution is -2.51. The second-order valence-electron chi connectivity index (χ2n) is 9.72. The Bertz CT molecular complexity index is 506. The van der Waals surface area contributed by atoms with E-state index in [-0.39, 0.29) is 11.5 Å². The van der Waals surface area contributed by atoms with Crippen LogP contribution in [0.4, 0.5) is 0 Å². The maximum atomic E-state index is 12.5. The molecule has 1 N–H and O–H groups in total. The highest BCUT2D eigenvalue weighted by atomic mass is 79.9. The average Bonchev–Trinajstić information content (AvgIpc) is 2.92. The van der Waals surface area contributed by atoms with Gasteiger partial charge in [0.05, 0.1) is 11.4 Å². The van der Waals surface area contributed by atoms with Crippen LogP contribution in [0.2, 0.25) is 0 Å². The highest BCUT2D eigenvalue weighted by molar-refractivity contribution is 9.09. The summed E-state index contributed by atoms with van der Waals surface area (Å²) in [5, 5.41) is 10.7. The number of ketones is 1. The molecule has 0 spiro atoms. The maximum Gasteiger partial charge on any atom is 0.147 e. The monoisotopic (exact) mass is 396 g/mol. The van der Waals surface area contributed by atoms with Gasteiger partial charge in [-0.25, -0.2) is 0 Å². The Hall–Kier alpha value is 0.110. The Morgan fingerprint density at radius 2 is 1.79 bits per heavy atom. The first-order valence-electron chi connectivity index (χ1n) is 10.2. The number of alkyl halides is 1. The number of aliphatic hydroxyl groups is 1. The summed E-state index contributed by atoms with van der Waals surface area (Å²) in [5.41, 5.74) is 0.257. The third-order valence-electron chi connectivity index (χ3n) is 8.87. The molecule has 0 aromatic rings. The molecule has 4 aliphatic rings. The van der Waals surface area contributed by atoms with Gasteiger partial charge in [0.25, 0.3) is 0 Å². The lowest BCUT2D eigenvalue weighted by Gasteiger charge is -2.57. The van der Waals surface area contributed by atoms with Gasteiger partial charge in [-0.1, -0.05) is 29.8 Å². The van der Waals surface area contributed by atoms with Gasteiger partial charge in [-0.2, -0.15) is 0 Å². The summed E-state index contributed by atoms with van der Waals surface area (Å²) >= 11 is 3.42. The SMILES string of the molecule is CC1CC2C(CCC3(C)C(C(=O)CBr)CCC23)C2CCC(O)CC12. The summed E-state index contributed by atoms with van der Waals surface area (Å²) in [5.74, 6) is 5.56. The van der Waals surface area contributed by atoms with Crippen LogP contribution in [0, 0.1) is 46.8 Å². The van der Waals surface area contributed by atoms with Crippen molar-refractivity contribution in [2.24, 2.45) is 46.8 Å². The van der Waals surface area contributed by atoms with Gasteiger partial charge in [0.15, 0.2) is 0 Å². The Balaban J connectivity index is 1.58. The number of carbonyl (C=O) groups excluding carboxylic acids is 1. The first kappa shape index (κ1) is 17.5. The molecule has 0 saturated heterocycles. The minimum Gasteiger partial charge on any atom is -0.393 e. The molecule has 0 aliphatic heterocycles. The molecule has 4 rings (SSSR count). The van der Waals surface area contributed by atoms with Crippen LogP contribution >= 0.6 is 15.9 Å². The maximum absolute atomic E-state index is 12.5. The molecule has 2 nitrogen and oxygen atoms in total. The molecule has 4 fully saturated rings. The fourth-order valence-electron chi connectivity index (χ4n) is 7.81. The number of Topliss-reactive ketones (excluding diaryl/α,β-unsaturated/α-hetero) is 1. The van der Waals surface area contributed by atoms with E-state index in [1.165, 1.54) is 32.1 Å². The van der Waals surface area contributed by atoms with Crippen molar-refractivity contribution in [3.8, 4) is 0 Å². The molecule has 24 heavy (non-hydrogen) atoms. The Kier molecular flexibility index (Phi) is 4.65. The molecule has 0 amide bonds. The average molecular weight is 397 g/mol. The zero-order valence-electron chi connectivity index (χ0n) is 15.2. The fourth-order valence-corrected chi connectivity index (χ4v) is 8.20. The molecule has 0 heterocycles. The molecule has 0 radical (unpaired) electrons. The molecular formula is C21H33BrO2. The van der Waals surface area contributed by atoms with E-state index >= 15 is 0 Å². The standard InChI is InChI=1S/C21H33BrO2/c1-12-9-17-15(14-4-3-13(23)10-16(12)14)7-8-21(2)18(17)5-6-19(21)20(24)11-22/h12-19,23H,3-11H2,1-2H3. The number of hydrogen-bond acceptors (Lipinski definition) is 2. The van der Waals surface area contributed by atoms with Crippen molar-refractivity contribution in [3.63, 3.8) is 0 Å². The largest absolute Gasteiger partial charge is 0.393 e. The van der Waals surface area contributed by atoms with E-state index in [1.54, 1.807) is 0 Å². The first-order valence-corrected chi connectivity index (χ1v) is 11.3. The van der Waals surface area contributed by atoms with Crippen molar-refractivity contribution >= 4 is 21.7 Å². The van der Waals surface area contributed by atoms with E-state index in [2.05, 4.69) is 29.8 Å². The van der Waals surface area contributed by atoms with Crippen LogP contribution in [0.25, 0.3) is 0 Å². The Morgan fingerprint density at radius 1 is 1.04 bits per heavy atom. The van der Waals surface area contributed by atoms with Gasteiger partial charge >= 0.3 is 0 Å². The van der Waals surface area contributed by atoms with Gasteiger partial charge in [-0.3, -0.25) is 4.79 Å². The van der Waals surface area contributed by atoms with Crippen molar-refractivity contribution in [2.45, 2.75) is 71.3 Å². The molecule has 0 bridgehead atoms. The van der Waals surface area contributed by atoms with Crippen LogP contribution < -0.4 is 0 Å². The molecular weight excluding hydrogens is 364 g/mol. The summed E-state index contributed by atoms with van der Waals surface area (Å²) in [7, 11) is 0. The normalized spacial score (nSPS) is 53.8. The highest BCUT2D eigenvalue weighted by Crippen LogP contribution is 2.65. The zero-order valence-corrected chi connectivity index (χ0v) is 16.8. The molecule has 0 aromatic carbocycles. The molecule has 4 saturated carbocycles. The van der Waals surface area contributed by atoms with Crippen molar-refractivity contribution in [2.75, 3.05) is 5.33 Å². The van der Waals surface area contributed by atoms with E-state index < -0.39 is 0 Å². The van der Waals surface area contributed by atoms with Crippen LogP contribution in [-0.4, -0.2) is 22.3 Å². The summed E-state index contributed by atoms with van der Waals surface area (Å²) in [4.78, 5) is 12.5. The van der Waals surface area contributed by atoms with E-state index in [0.29, 0.717) is 17.0 Å². The van der Waals surface area contributed by atoms with Gasteiger partial charge in [0.2, 0.25) is 0 Å². The Labute approximate surface area is 155 Å². The van der Waals surface area contributed by atoms with Gasteiger partial charge in [0.1, 0.15) is 5.78 Å².